The summed E-state index contributed by atoms with van der Waals surface area (Å²) in [6.07, 6.45) is 1.22. The fourth-order valence-corrected chi connectivity index (χ4v) is 3.43. The third kappa shape index (κ3) is 4.99. The number of nitrogens with zero attached hydrogens (tertiary/aromatic N) is 4. The number of hydrogen-bond acceptors (Lipinski definition) is 3. The van der Waals surface area contributed by atoms with Gasteiger partial charge in [0.1, 0.15) is 0 Å². The van der Waals surface area contributed by atoms with Gasteiger partial charge >= 0.3 is 6.03 Å². The molecule has 1 aromatic heterocycles. The van der Waals surface area contributed by atoms with E-state index in [9.17, 15) is 9.59 Å². The quantitative estimate of drug-likeness (QED) is 0.840. The highest BCUT2D eigenvalue weighted by Crippen LogP contribution is 2.17. The molecule has 2 rings (SSSR count). The van der Waals surface area contributed by atoms with Crippen molar-refractivity contribution in [2.45, 2.75) is 54.0 Å². The molecule has 3 amide bonds. The summed E-state index contributed by atoms with van der Waals surface area (Å²) < 4.78 is 2.06. The van der Waals surface area contributed by atoms with Crippen LogP contribution in [0.2, 0.25) is 0 Å². The van der Waals surface area contributed by atoms with Gasteiger partial charge in [0.25, 0.3) is 0 Å². The molecule has 0 bridgehead atoms. The Hall–Kier alpha value is -2.05. The summed E-state index contributed by atoms with van der Waals surface area (Å²) in [5.41, 5.74) is 3.39. The van der Waals surface area contributed by atoms with Gasteiger partial charge in [-0.25, -0.2) is 4.79 Å². The number of rotatable bonds is 6. The molecule has 7 nitrogen and oxygen atoms in total. The van der Waals surface area contributed by atoms with Crippen LogP contribution in [0.3, 0.4) is 0 Å². The largest absolute Gasteiger partial charge is 0.339 e. The van der Waals surface area contributed by atoms with Crippen molar-refractivity contribution in [1.29, 1.82) is 0 Å². The van der Waals surface area contributed by atoms with Crippen LogP contribution < -0.4 is 5.32 Å². The van der Waals surface area contributed by atoms with Crippen molar-refractivity contribution in [2.24, 2.45) is 5.92 Å². The minimum absolute atomic E-state index is 0.0385. The standard InChI is InChI=1S/C19H33N5O2/c1-6-20-19(26)23-11-9-22(10-12-23)18(25)8-7-17-15(4)21-24(16(17)5)13-14(2)3/h14H,6-13H2,1-5H3,(H,20,26). The van der Waals surface area contributed by atoms with Crippen molar-refractivity contribution in [3.05, 3.63) is 17.0 Å². The molecule has 0 spiro atoms. The van der Waals surface area contributed by atoms with E-state index < -0.39 is 0 Å². The maximum Gasteiger partial charge on any atom is 0.317 e. The number of amides is 3. The van der Waals surface area contributed by atoms with Gasteiger partial charge in [-0.2, -0.15) is 5.10 Å². The summed E-state index contributed by atoms with van der Waals surface area (Å²) in [5, 5.41) is 7.44. The summed E-state index contributed by atoms with van der Waals surface area (Å²) in [7, 11) is 0. The number of nitrogens with one attached hydrogen (secondary N) is 1. The minimum atomic E-state index is -0.0385. The Morgan fingerprint density at radius 1 is 1.12 bits per heavy atom. The third-order valence-corrected chi connectivity index (χ3v) is 4.91. The first-order valence-corrected chi connectivity index (χ1v) is 9.66. The molecular formula is C19H33N5O2. The van der Waals surface area contributed by atoms with Gasteiger partial charge in [0, 0.05) is 51.4 Å². The highest BCUT2D eigenvalue weighted by molar-refractivity contribution is 5.78. The molecule has 0 radical (unpaired) electrons. The van der Waals surface area contributed by atoms with Crippen LogP contribution in [0.5, 0.6) is 0 Å². The molecule has 146 valence electrons. The van der Waals surface area contributed by atoms with E-state index in [1.807, 2.05) is 18.7 Å². The Morgan fingerprint density at radius 3 is 2.31 bits per heavy atom. The van der Waals surface area contributed by atoms with E-state index in [0.29, 0.717) is 45.1 Å². The van der Waals surface area contributed by atoms with Crippen LogP contribution in [-0.4, -0.2) is 64.2 Å². The zero-order chi connectivity index (χ0) is 19.3. The highest BCUT2D eigenvalue weighted by Gasteiger charge is 2.24. The number of aryl methyl sites for hydroxylation is 1. The zero-order valence-electron chi connectivity index (χ0n) is 16.8. The average Bonchev–Trinajstić information content (AvgIpc) is 2.86. The third-order valence-electron chi connectivity index (χ3n) is 4.91. The number of carbonyl (C=O) groups is 2. The molecule has 0 aromatic carbocycles. The van der Waals surface area contributed by atoms with Gasteiger partial charge in [-0.05, 0) is 38.7 Å². The Labute approximate surface area is 156 Å². The molecule has 2 heterocycles. The van der Waals surface area contributed by atoms with Crippen molar-refractivity contribution >= 4 is 11.9 Å². The second-order valence-electron chi connectivity index (χ2n) is 7.43. The van der Waals surface area contributed by atoms with Crippen LogP contribution in [0, 0.1) is 19.8 Å². The fraction of sp³-hybridized carbons (Fsp3) is 0.737. The average molecular weight is 364 g/mol. The number of hydrogen-bond donors (Lipinski definition) is 1. The molecule has 1 N–H and O–H groups in total. The summed E-state index contributed by atoms with van der Waals surface area (Å²) in [4.78, 5) is 28.1. The van der Waals surface area contributed by atoms with Crippen LogP contribution >= 0.6 is 0 Å². The van der Waals surface area contributed by atoms with Crippen molar-refractivity contribution in [2.75, 3.05) is 32.7 Å². The Morgan fingerprint density at radius 2 is 1.73 bits per heavy atom. The Balaban J connectivity index is 1.86. The van der Waals surface area contributed by atoms with Crippen LogP contribution in [0.4, 0.5) is 4.79 Å². The molecule has 1 aliphatic heterocycles. The van der Waals surface area contributed by atoms with Gasteiger partial charge in [0.2, 0.25) is 5.91 Å². The molecule has 1 saturated heterocycles. The summed E-state index contributed by atoms with van der Waals surface area (Å²) in [5.74, 6) is 0.708. The lowest BCUT2D eigenvalue weighted by Crippen LogP contribution is -2.53. The number of piperazine rings is 1. The fourth-order valence-electron chi connectivity index (χ4n) is 3.43. The second kappa shape index (κ2) is 9.05. The van der Waals surface area contributed by atoms with Crippen molar-refractivity contribution in [3.63, 3.8) is 0 Å². The summed E-state index contributed by atoms with van der Waals surface area (Å²) in [6.45, 7) is 14.3. The molecule has 1 aromatic rings. The first kappa shape index (κ1) is 20.3. The predicted octanol–water partition coefficient (Wildman–Crippen LogP) is 1.96. The van der Waals surface area contributed by atoms with Gasteiger partial charge in [0.15, 0.2) is 0 Å². The molecule has 0 unspecified atom stereocenters. The summed E-state index contributed by atoms with van der Waals surface area (Å²) >= 11 is 0. The van der Waals surface area contributed by atoms with E-state index in [0.717, 1.165) is 18.7 Å². The maximum atomic E-state index is 12.6. The van der Waals surface area contributed by atoms with Crippen molar-refractivity contribution in [3.8, 4) is 0 Å². The van der Waals surface area contributed by atoms with Crippen LogP contribution in [0.15, 0.2) is 0 Å². The lowest BCUT2D eigenvalue weighted by atomic mass is 10.1. The molecule has 1 aliphatic rings. The van der Waals surface area contributed by atoms with E-state index >= 15 is 0 Å². The normalized spacial score (nSPS) is 14.8. The SMILES string of the molecule is CCNC(=O)N1CCN(C(=O)CCc2c(C)nn(CC(C)C)c2C)CC1. The molecular weight excluding hydrogens is 330 g/mol. The van der Waals surface area contributed by atoms with Gasteiger partial charge in [-0.15, -0.1) is 0 Å². The predicted molar refractivity (Wildman–Crippen MR) is 102 cm³/mol. The van der Waals surface area contributed by atoms with Crippen LogP contribution in [-0.2, 0) is 17.8 Å². The monoisotopic (exact) mass is 363 g/mol. The van der Waals surface area contributed by atoms with Gasteiger partial charge in [-0.1, -0.05) is 13.8 Å². The van der Waals surface area contributed by atoms with Crippen LogP contribution in [0.1, 0.15) is 44.1 Å². The molecule has 7 heteroatoms. The molecule has 0 atom stereocenters. The van der Waals surface area contributed by atoms with E-state index in [4.69, 9.17) is 0 Å². The van der Waals surface area contributed by atoms with E-state index in [1.165, 1.54) is 11.3 Å². The van der Waals surface area contributed by atoms with Gasteiger partial charge < -0.3 is 15.1 Å². The topological polar surface area (TPSA) is 70.5 Å². The Kier molecular flexibility index (Phi) is 7.06. The maximum absolute atomic E-state index is 12.6. The smallest absolute Gasteiger partial charge is 0.317 e. The van der Waals surface area contributed by atoms with Gasteiger partial charge in [-0.3, -0.25) is 9.48 Å². The molecule has 26 heavy (non-hydrogen) atoms. The van der Waals surface area contributed by atoms with Crippen molar-refractivity contribution < 1.29 is 9.59 Å². The zero-order valence-corrected chi connectivity index (χ0v) is 16.8. The van der Waals surface area contributed by atoms with Crippen molar-refractivity contribution in [1.82, 2.24) is 24.9 Å². The second-order valence-corrected chi connectivity index (χ2v) is 7.43. The number of urea groups is 1. The number of aromatic nitrogens is 2. The number of carbonyl (C=O) groups excluding carboxylic acids is 2. The van der Waals surface area contributed by atoms with Crippen LogP contribution in [0.25, 0.3) is 0 Å². The molecule has 0 saturated carbocycles. The van der Waals surface area contributed by atoms with E-state index in [1.54, 1.807) is 4.90 Å². The lowest BCUT2D eigenvalue weighted by Gasteiger charge is -2.34. The first-order valence-electron chi connectivity index (χ1n) is 9.66. The lowest BCUT2D eigenvalue weighted by molar-refractivity contribution is -0.132. The Bertz CT molecular complexity index is 630. The molecule has 1 fully saturated rings. The minimum Gasteiger partial charge on any atom is -0.339 e. The van der Waals surface area contributed by atoms with E-state index in [-0.39, 0.29) is 11.9 Å². The molecule has 0 aliphatic carbocycles. The highest BCUT2D eigenvalue weighted by atomic mass is 16.2. The first-order chi connectivity index (χ1) is 12.3. The van der Waals surface area contributed by atoms with E-state index in [2.05, 4.69) is 35.9 Å². The summed E-state index contributed by atoms with van der Waals surface area (Å²) in [6, 6.07) is -0.0385. The van der Waals surface area contributed by atoms with Gasteiger partial charge in [0.05, 0.1) is 5.69 Å².